The van der Waals surface area contributed by atoms with Gasteiger partial charge in [-0.15, -0.1) is 0 Å². The number of nitrogens with zero attached hydrogens (tertiary/aromatic N) is 3. The van der Waals surface area contributed by atoms with Gasteiger partial charge in [0.2, 0.25) is 5.95 Å². The van der Waals surface area contributed by atoms with Gasteiger partial charge in [-0.2, -0.15) is 0 Å². The molecule has 1 heterocycles. The largest absolute Gasteiger partial charge is 0.354 e. The molecule has 1 amide bonds. The first kappa shape index (κ1) is 16.4. The third kappa shape index (κ3) is 6.47. The molecule has 1 aromatic heterocycles. The number of hydrogen-bond acceptors (Lipinski definition) is 5. The topological polar surface area (TPSA) is 70.2 Å². The molecular weight excluding hydrogens is 254 g/mol. The van der Waals surface area contributed by atoms with Crippen LogP contribution in [0.15, 0.2) is 12.3 Å². The van der Waals surface area contributed by atoms with Crippen molar-refractivity contribution < 1.29 is 4.79 Å². The lowest BCUT2D eigenvalue weighted by molar-refractivity contribution is 0.0948. The van der Waals surface area contributed by atoms with Crippen LogP contribution in [0.25, 0.3) is 0 Å². The Hall–Kier alpha value is -1.69. The molecule has 0 atom stereocenters. The van der Waals surface area contributed by atoms with Crippen LogP contribution in [0.4, 0.5) is 5.95 Å². The molecule has 0 unspecified atom stereocenters. The third-order valence-corrected chi connectivity index (χ3v) is 2.77. The van der Waals surface area contributed by atoms with Gasteiger partial charge in [-0.25, -0.2) is 9.97 Å². The number of aromatic nitrogens is 2. The number of unbranched alkanes of at least 4 members (excludes halogenated alkanes) is 1. The maximum absolute atomic E-state index is 11.9. The summed E-state index contributed by atoms with van der Waals surface area (Å²) < 4.78 is 0. The molecule has 0 radical (unpaired) electrons. The molecule has 0 aliphatic carbocycles. The first-order chi connectivity index (χ1) is 9.63. The molecule has 0 saturated heterocycles. The Morgan fingerprint density at radius 2 is 2.10 bits per heavy atom. The number of carbonyl (C=O) groups excluding carboxylic acids is 1. The molecule has 0 saturated carbocycles. The van der Waals surface area contributed by atoms with E-state index in [2.05, 4.69) is 32.4 Å². The molecule has 0 fully saturated rings. The van der Waals surface area contributed by atoms with Gasteiger partial charge in [0.05, 0.1) is 0 Å². The van der Waals surface area contributed by atoms with E-state index in [1.54, 1.807) is 12.3 Å². The molecular formula is C14H25N5O. The van der Waals surface area contributed by atoms with Crippen LogP contribution in [-0.4, -0.2) is 54.5 Å². The van der Waals surface area contributed by atoms with Gasteiger partial charge in [0, 0.05) is 19.3 Å². The highest BCUT2D eigenvalue weighted by molar-refractivity contribution is 5.92. The molecule has 0 spiro atoms. The first-order valence-electron chi connectivity index (χ1n) is 7.13. The minimum Gasteiger partial charge on any atom is -0.354 e. The number of anilines is 1. The van der Waals surface area contributed by atoms with E-state index < -0.39 is 0 Å². The summed E-state index contributed by atoms with van der Waals surface area (Å²) in [5.41, 5.74) is 0.409. The fourth-order valence-corrected chi connectivity index (χ4v) is 1.64. The van der Waals surface area contributed by atoms with Crippen LogP contribution in [0.2, 0.25) is 0 Å². The summed E-state index contributed by atoms with van der Waals surface area (Å²) in [6.45, 7) is 4.57. The van der Waals surface area contributed by atoms with Crippen LogP contribution in [-0.2, 0) is 0 Å². The van der Waals surface area contributed by atoms with Gasteiger partial charge in [0.25, 0.3) is 5.91 Å². The molecule has 0 aliphatic rings. The normalized spacial score (nSPS) is 10.6. The molecule has 0 bridgehead atoms. The molecule has 112 valence electrons. The van der Waals surface area contributed by atoms with E-state index in [4.69, 9.17) is 0 Å². The van der Waals surface area contributed by atoms with Crippen LogP contribution in [0.1, 0.15) is 36.7 Å². The third-order valence-electron chi connectivity index (χ3n) is 2.77. The monoisotopic (exact) mass is 279 g/mol. The number of carbonyl (C=O) groups is 1. The SMILES string of the molecule is CCCCNC(=O)c1ccnc(NCCCN(C)C)n1. The van der Waals surface area contributed by atoms with Gasteiger partial charge >= 0.3 is 0 Å². The van der Waals surface area contributed by atoms with Gasteiger partial charge in [-0.3, -0.25) is 4.79 Å². The lowest BCUT2D eigenvalue weighted by atomic mass is 10.3. The van der Waals surface area contributed by atoms with Crippen LogP contribution in [0.5, 0.6) is 0 Å². The van der Waals surface area contributed by atoms with E-state index in [1.165, 1.54) is 0 Å². The van der Waals surface area contributed by atoms with Crippen molar-refractivity contribution in [3.05, 3.63) is 18.0 Å². The van der Waals surface area contributed by atoms with Crippen molar-refractivity contribution in [3.8, 4) is 0 Å². The van der Waals surface area contributed by atoms with Crippen molar-refractivity contribution in [2.45, 2.75) is 26.2 Å². The van der Waals surface area contributed by atoms with Gasteiger partial charge in [0.15, 0.2) is 0 Å². The van der Waals surface area contributed by atoms with Crippen molar-refractivity contribution >= 4 is 11.9 Å². The first-order valence-corrected chi connectivity index (χ1v) is 7.13. The lowest BCUT2D eigenvalue weighted by Crippen LogP contribution is -2.25. The second kappa shape index (κ2) is 9.25. The van der Waals surface area contributed by atoms with Gasteiger partial charge < -0.3 is 15.5 Å². The minimum absolute atomic E-state index is 0.141. The average Bonchev–Trinajstić information content (AvgIpc) is 2.44. The Bertz CT molecular complexity index is 408. The molecule has 2 N–H and O–H groups in total. The maximum atomic E-state index is 11.9. The van der Waals surface area contributed by atoms with E-state index in [0.29, 0.717) is 18.2 Å². The van der Waals surface area contributed by atoms with E-state index in [-0.39, 0.29) is 5.91 Å². The predicted octanol–water partition coefficient (Wildman–Crippen LogP) is 1.37. The highest BCUT2D eigenvalue weighted by Crippen LogP contribution is 2.01. The smallest absolute Gasteiger partial charge is 0.270 e. The lowest BCUT2D eigenvalue weighted by Gasteiger charge is -2.10. The zero-order valence-electron chi connectivity index (χ0n) is 12.6. The van der Waals surface area contributed by atoms with Crippen molar-refractivity contribution in [1.29, 1.82) is 0 Å². The molecule has 0 aromatic carbocycles. The molecule has 1 aromatic rings. The number of hydrogen-bond donors (Lipinski definition) is 2. The second-order valence-electron chi connectivity index (χ2n) is 4.96. The Labute approximate surface area is 121 Å². The van der Waals surface area contributed by atoms with Gasteiger partial charge in [-0.1, -0.05) is 13.3 Å². The Morgan fingerprint density at radius 3 is 2.80 bits per heavy atom. The maximum Gasteiger partial charge on any atom is 0.270 e. The van der Waals surface area contributed by atoms with Crippen LogP contribution < -0.4 is 10.6 Å². The summed E-state index contributed by atoms with van der Waals surface area (Å²) in [5, 5.41) is 5.98. The summed E-state index contributed by atoms with van der Waals surface area (Å²) in [6.07, 6.45) is 4.65. The summed E-state index contributed by atoms with van der Waals surface area (Å²) in [4.78, 5) is 22.3. The number of nitrogens with one attached hydrogen (secondary N) is 2. The molecule has 0 aliphatic heterocycles. The average molecular weight is 279 g/mol. The quantitative estimate of drug-likeness (QED) is 0.668. The molecule has 1 rings (SSSR count). The zero-order valence-corrected chi connectivity index (χ0v) is 12.6. The predicted molar refractivity (Wildman–Crippen MR) is 80.9 cm³/mol. The van der Waals surface area contributed by atoms with Gasteiger partial charge in [-0.05, 0) is 39.5 Å². The summed E-state index contributed by atoms with van der Waals surface area (Å²) in [7, 11) is 4.08. The highest BCUT2D eigenvalue weighted by Gasteiger charge is 2.07. The summed E-state index contributed by atoms with van der Waals surface area (Å²) in [6, 6.07) is 1.63. The zero-order chi connectivity index (χ0) is 14.8. The van der Waals surface area contributed by atoms with Crippen LogP contribution >= 0.6 is 0 Å². The van der Waals surface area contributed by atoms with Crippen LogP contribution in [0.3, 0.4) is 0 Å². The van der Waals surface area contributed by atoms with E-state index in [0.717, 1.165) is 32.4 Å². The Balaban J connectivity index is 2.42. The van der Waals surface area contributed by atoms with Crippen LogP contribution in [0, 0.1) is 0 Å². The van der Waals surface area contributed by atoms with E-state index in [9.17, 15) is 4.79 Å². The number of amides is 1. The van der Waals surface area contributed by atoms with E-state index in [1.807, 2.05) is 14.1 Å². The standard InChI is InChI=1S/C14H25N5O/c1-4-5-8-15-13(20)12-7-10-17-14(18-12)16-9-6-11-19(2)3/h7,10H,4-6,8-9,11H2,1-3H3,(H,15,20)(H,16,17,18). The fraction of sp³-hybridized carbons (Fsp3) is 0.643. The minimum atomic E-state index is -0.141. The van der Waals surface area contributed by atoms with Crippen molar-refractivity contribution in [2.75, 3.05) is 39.0 Å². The molecule has 6 nitrogen and oxygen atoms in total. The second-order valence-corrected chi connectivity index (χ2v) is 4.96. The Kier molecular flexibility index (Phi) is 7.57. The summed E-state index contributed by atoms with van der Waals surface area (Å²) in [5.74, 6) is 0.365. The Morgan fingerprint density at radius 1 is 1.30 bits per heavy atom. The molecule has 6 heteroatoms. The van der Waals surface area contributed by atoms with E-state index >= 15 is 0 Å². The van der Waals surface area contributed by atoms with Crippen molar-refractivity contribution in [1.82, 2.24) is 20.2 Å². The highest BCUT2D eigenvalue weighted by atomic mass is 16.1. The van der Waals surface area contributed by atoms with Crippen molar-refractivity contribution in [2.24, 2.45) is 0 Å². The van der Waals surface area contributed by atoms with Crippen molar-refractivity contribution in [3.63, 3.8) is 0 Å². The van der Waals surface area contributed by atoms with Gasteiger partial charge in [0.1, 0.15) is 5.69 Å². The molecule has 20 heavy (non-hydrogen) atoms. The summed E-state index contributed by atoms with van der Waals surface area (Å²) >= 11 is 0. The number of rotatable bonds is 9. The fourth-order valence-electron chi connectivity index (χ4n) is 1.64.